The molecule has 0 saturated heterocycles. The van der Waals surface area contributed by atoms with Crippen LogP contribution in [0.2, 0.25) is 0 Å². The molecule has 170 valence electrons. The van der Waals surface area contributed by atoms with Gasteiger partial charge in [-0.25, -0.2) is 0 Å². The van der Waals surface area contributed by atoms with E-state index in [1.165, 1.54) is 108 Å². The van der Waals surface area contributed by atoms with Crippen molar-refractivity contribution in [3.05, 3.63) is 12.2 Å². The van der Waals surface area contributed by atoms with E-state index in [0.717, 1.165) is 12.8 Å². The van der Waals surface area contributed by atoms with E-state index in [1.54, 1.807) is 6.08 Å². The van der Waals surface area contributed by atoms with E-state index >= 15 is 0 Å². The van der Waals surface area contributed by atoms with Gasteiger partial charge in [0.05, 0.1) is 13.0 Å². The van der Waals surface area contributed by atoms with Crippen LogP contribution < -0.4 is 0 Å². The highest BCUT2D eigenvalue weighted by Gasteiger charge is 2.04. The molecule has 0 unspecified atom stereocenters. The first-order chi connectivity index (χ1) is 14.2. The van der Waals surface area contributed by atoms with Gasteiger partial charge >= 0.3 is 5.97 Å². The van der Waals surface area contributed by atoms with Gasteiger partial charge < -0.3 is 4.74 Å². The second-order valence-electron chi connectivity index (χ2n) is 7.94. The maximum Gasteiger partial charge on any atom is 0.306 e. The summed E-state index contributed by atoms with van der Waals surface area (Å²) in [4.78, 5) is 22.9. The van der Waals surface area contributed by atoms with Crippen LogP contribution in [0.5, 0.6) is 0 Å². The molecule has 0 amide bonds. The van der Waals surface area contributed by atoms with E-state index in [4.69, 9.17) is 4.74 Å². The average molecular weight is 427 g/mol. The van der Waals surface area contributed by atoms with Crippen molar-refractivity contribution in [2.75, 3.05) is 12.4 Å². The number of ether oxygens (including phenoxy) is 1. The average Bonchev–Trinajstić information content (AvgIpc) is 2.70. The maximum absolute atomic E-state index is 11.6. The minimum atomic E-state index is -0.188. The molecule has 0 radical (unpaired) electrons. The fourth-order valence-corrected chi connectivity index (χ4v) is 4.03. The topological polar surface area (TPSA) is 43.4 Å². The minimum Gasteiger partial charge on any atom is -0.466 e. The molecule has 0 spiro atoms. The van der Waals surface area contributed by atoms with Gasteiger partial charge in [-0.2, -0.15) is 0 Å². The Morgan fingerprint density at radius 2 is 1.17 bits per heavy atom. The summed E-state index contributed by atoms with van der Waals surface area (Å²) in [7, 11) is 0. The van der Waals surface area contributed by atoms with E-state index in [2.05, 4.69) is 6.92 Å². The molecule has 0 aromatic carbocycles. The molecule has 0 bridgehead atoms. The lowest BCUT2D eigenvalue weighted by molar-refractivity contribution is -0.143. The molecule has 4 heteroatoms. The molecule has 0 aliphatic heterocycles. The van der Waals surface area contributed by atoms with Gasteiger partial charge in [-0.05, 0) is 19.4 Å². The molecule has 29 heavy (non-hydrogen) atoms. The fraction of sp³-hybridized carbons (Fsp3) is 0.840. The van der Waals surface area contributed by atoms with Crippen molar-refractivity contribution < 1.29 is 14.3 Å². The first-order valence-corrected chi connectivity index (χ1v) is 13.1. The minimum absolute atomic E-state index is 0.00175. The lowest BCUT2D eigenvalue weighted by atomic mass is 10.0. The third kappa shape index (κ3) is 23.4. The van der Waals surface area contributed by atoms with Crippen molar-refractivity contribution >= 4 is 22.8 Å². The van der Waals surface area contributed by atoms with Crippen LogP contribution in [0.4, 0.5) is 0 Å². The number of esters is 1. The zero-order chi connectivity index (χ0) is 21.4. The predicted octanol–water partition coefficient (Wildman–Crippen LogP) is 8.02. The first kappa shape index (κ1) is 28.2. The van der Waals surface area contributed by atoms with Gasteiger partial charge in [0.25, 0.3) is 0 Å². The highest BCUT2D eigenvalue weighted by Crippen LogP contribution is 2.14. The molecule has 0 N–H and O–H groups in total. The number of unbranched alkanes of at least 4 members (excludes halogenated alkanes) is 15. The second-order valence-corrected chi connectivity index (χ2v) is 9.04. The van der Waals surface area contributed by atoms with Crippen molar-refractivity contribution in [2.45, 2.75) is 123 Å². The molecule has 0 aromatic heterocycles. The van der Waals surface area contributed by atoms with Gasteiger partial charge in [0.2, 0.25) is 5.12 Å². The molecule has 0 aromatic rings. The molecule has 0 fully saturated rings. The van der Waals surface area contributed by atoms with E-state index in [-0.39, 0.29) is 11.1 Å². The van der Waals surface area contributed by atoms with Crippen LogP contribution in [0.3, 0.4) is 0 Å². The lowest BCUT2D eigenvalue weighted by Gasteiger charge is -2.05. The van der Waals surface area contributed by atoms with Crippen LogP contribution in [-0.4, -0.2) is 23.4 Å². The Kier molecular flexibility index (Phi) is 22.9. The van der Waals surface area contributed by atoms with E-state index in [0.29, 0.717) is 18.8 Å². The van der Waals surface area contributed by atoms with Crippen LogP contribution in [-0.2, 0) is 14.3 Å². The molecule has 3 nitrogen and oxygen atoms in total. The number of rotatable bonds is 21. The third-order valence-corrected chi connectivity index (χ3v) is 5.94. The highest BCUT2D eigenvalue weighted by molar-refractivity contribution is 8.14. The third-order valence-electron chi connectivity index (χ3n) is 5.11. The van der Waals surface area contributed by atoms with E-state index < -0.39 is 0 Å². The number of hydrogen-bond acceptors (Lipinski definition) is 4. The normalized spacial score (nSPS) is 11.2. The summed E-state index contributed by atoms with van der Waals surface area (Å²) in [5, 5.41) is -0.00175. The molecule has 0 saturated carbocycles. The first-order valence-electron chi connectivity index (χ1n) is 12.2. The predicted molar refractivity (Wildman–Crippen MR) is 127 cm³/mol. The van der Waals surface area contributed by atoms with E-state index in [1.807, 2.05) is 6.92 Å². The van der Waals surface area contributed by atoms with Gasteiger partial charge in [-0.1, -0.05) is 121 Å². The summed E-state index contributed by atoms with van der Waals surface area (Å²) >= 11 is 1.17. The zero-order valence-corrected chi connectivity index (χ0v) is 20.0. The number of thioether (sulfide) groups is 1. The Labute approximate surface area is 184 Å². The Morgan fingerprint density at radius 3 is 1.62 bits per heavy atom. The number of allylic oxidation sites excluding steroid dienone is 1. The molecule has 0 atom stereocenters. The Morgan fingerprint density at radius 1 is 0.724 bits per heavy atom. The van der Waals surface area contributed by atoms with Crippen molar-refractivity contribution in [3.8, 4) is 0 Å². The van der Waals surface area contributed by atoms with Crippen molar-refractivity contribution in [2.24, 2.45) is 0 Å². The largest absolute Gasteiger partial charge is 0.466 e. The number of carbonyl (C=O) groups is 2. The molecular weight excluding hydrogens is 380 g/mol. The monoisotopic (exact) mass is 426 g/mol. The van der Waals surface area contributed by atoms with Crippen LogP contribution in [0, 0.1) is 0 Å². The number of carbonyl (C=O) groups excluding carboxylic acids is 2. The summed E-state index contributed by atoms with van der Waals surface area (Å²) in [5.74, 6) is 0.313. The van der Waals surface area contributed by atoms with Gasteiger partial charge in [-0.15, -0.1) is 0 Å². The summed E-state index contributed by atoms with van der Waals surface area (Å²) in [6.45, 7) is 4.60. The second kappa shape index (κ2) is 23.5. The van der Waals surface area contributed by atoms with Gasteiger partial charge in [0, 0.05) is 5.75 Å². The molecule has 0 heterocycles. The molecule has 0 rings (SSSR count). The molecule has 0 aliphatic carbocycles. The summed E-state index contributed by atoms with van der Waals surface area (Å²) in [6, 6.07) is 0. The SMILES string of the molecule is C/C=C/C(=O)SCCC(=O)OCCCCCCCCCCCCCCCCCC. The Hall–Kier alpha value is -0.770. The standard InChI is InChI=1S/C25H46O3S/c1-3-5-6-7-8-9-10-11-12-13-14-15-16-17-18-19-22-28-24(26)21-23-29-25(27)20-4-2/h4,20H,3,5-19,21-23H2,1-2H3/b20-4+. The van der Waals surface area contributed by atoms with Crippen molar-refractivity contribution in [1.82, 2.24) is 0 Å². The smallest absolute Gasteiger partial charge is 0.306 e. The Bertz CT molecular complexity index is 407. The number of hydrogen-bond donors (Lipinski definition) is 0. The highest BCUT2D eigenvalue weighted by atomic mass is 32.2. The summed E-state index contributed by atoms with van der Waals surface area (Å²) in [5.41, 5.74) is 0. The fourth-order valence-electron chi connectivity index (χ4n) is 3.33. The zero-order valence-electron chi connectivity index (χ0n) is 19.2. The summed E-state index contributed by atoms with van der Waals surface area (Å²) in [6.07, 6.45) is 25.0. The van der Waals surface area contributed by atoms with Gasteiger partial charge in [0.15, 0.2) is 0 Å². The maximum atomic E-state index is 11.6. The summed E-state index contributed by atoms with van der Waals surface area (Å²) < 4.78 is 5.22. The van der Waals surface area contributed by atoms with Crippen LogP contribution >= 0.6 is 11.8 Å². The van der Waals surface area contributed by atoms with Crippen LogP contribution in [0.1, 0.15) is 123 Å². The molecule has 0 aliphatic rings. The van der Waals surface area contributed by atoms with Crippen molar-refractivity contribution in [3.63, 3.8) is 0 Å². The van der Waals surface area contributed by atoms with Gasteiger partial charge in [0.1, 0.15) is 0 Å². The van der Waals surface area contributed by atoms with E-state index in [9.17, 15) is 9.59 Å². The van der Waals surface area contributed by atoms with Gasteiger partial charge in [-0.3, -0.25) is 9.59 Å². The molecular formula is C25H46O3S. The Balaban J connectivity index is 3.18. The lowest BCUT2D eigenvalue weighted by Crippen LogP contribution is -2.07. The quantitative estimate of drug-likeness (QED) is 0.106. The van der Waals surface area contributed by atoms with Crippen LogP contribution in [0.25, 0.3) is 0 Å². The van der Waals surface area contributed by atoms with Crippen molar-refractivity contribution in [1.29, 1.82) is 0 Å². The van der Waals surface area contributed by atoms with Crippen LogP contribution in [0.15, 0.2) is 12.2 Å².